The normalized spacial score (nSPS) is 15.9. The summed E-state index contributed by atoms with van der Waals surface area (Å²) in [6.07, 6.45) is 4.69. The number of imidazole rings is 1. The Kier molecular flexibility index (Phi) is 7.19. The third kappa shape index (κ3) is 5.14. The zero-order valence-corrected chi connectivity index (χ0v) is 21.9. The molecular formula is C30H30N6O3. The van der Waals surface area contributed by atoms with Crippen LogP contribution < -0.4 is 16.2 Å². The number of aromatic nitrogens is 3. The molecule has 9 heteroatoms. The molecule has 9 nitrogen and oxygen atoms in total. The molecule has 1 amide bonds. The van der Waals surface area contributed by atoms with E-state index >= 15 is 0 Å². The maximum atomic E-state index is 14.0. The van der Waals surface area contributed by atoms with Crippen LogP contribution in [-0.4, -0.2) is 38.0 Å². The van der Waals surface area contributed by atoms with Crippen molar-refractivity contribution in [2.24, 2.45) is 5.92 Å². The van der Waals surface area contributed by atoms with Gasteiger partial charge in [0.15, 0.2) is 0 Å². The molecule has 1 atom stereocenters. The van der Waals surface area contributed by atoms with E-state index in [2.05, 4.69) is 4.98 Å². The molecule has 0 bridgehead atoms. The molecule has 1 unspecified atom stereocenters. The number of benzene rings is 2. The standard InChI is InChI=1S/C30H30N6O3/c1-20(2)17-21(18-31)29(37)34-16-6-7-23(19-34)35-26-14-15-33-28(32)27(26)36(30(35)38)22-10-12-25(13-11-22)39-24-8-4-3-5-9-24/h3-5,8-15,17,20,23H,6-7,16,19H2,1-2H3,(H2,32,33)/b21-17-. The van der Waals surface area contributed by atoms with E-state index in [9.17, 15) is 14.9 Å². The van der Waals surface area contributed by atoms with Crippen molar-refractivity contribution >= 4 is 22.8 Å². The number of amides is 1. The van der Waals surface area contributed by atoms with Crippen molar-refractivity contribution in [2.75, 3.05) is 18.8 Å². The second-order valence-corrected chi connectivity index (χ2v) is 9.94. The highest BCUT2D eigenvalue weighted by atomic mass is 16.5. The Labute approximate surface area is 226 Å². The van der Waals surface area contributed by atoms with Crippen LogP contribution in [0.15, 0.2) is 83.3 Å². The van der Waals surface area contributed by atoms with Gasteiger partial charge in [-0.25, -0.2) is 9.78 Å². The van der Waals surface area contributed by atoms with Gasteiger partial charge in [0, 0.05) is 19.3 Å². The molecule has 5 rings (SSSR count). The van der Waals surface area contributed by atoms with Crippen molar-refractivity contribution in [2.45, 2.75) is 32.7 Å². The molecule has 0 radical (unpaired) electrons. The third-order valence-electron chi connectivity index (χ3n) is 6.79. The molecule has 2 aromatic carbocycles. The fourth-order valence-corrected chi connectivity index (χ4v) is 5.08. The Morgan fingerprint density at radius 3 is 2.54 bits per heavy atom. The number of allylic oxidation sites excluding steroid dienone is 1. The zero-order valence-electron chi connectivity index (χ0n) is 21.9. The zero-order chi connectivity index (χ0) is 27.5. The molecule has 39 heavy (non-hydrogen) atoms. The van der Waals surface area contributed by atoms with Gasteiger partial charge in [0.2, 0.25) is 0 Å². The maximum Gasteiger partial charge on any atom is 0.334 e. The van der Waals surface area contributed by atoms with Gasteiger partial charge in [-0.05, 0) is 61.2 Å². The van der Waals surface area contributed by atoms with Crippen molar-refractivity contribution in [3.63, 3.8) is 0 Å². The van der Waals surface area contributed by atoms with Gasteiger partial charge in [-0.2, -0.15) is 5.26 Å². The number of para-hydroxylation sites is 1. The highest BCUT2D eigenvalue weighted by Crippen LogP contribution is 2.30. The van der Waals surface area contributed by atoms with Gasteiger partial charge >= 0.3 is 5.69 Å². The molecule has 198 valence electrons. The van der Waals surface area contributed by atoms with Gasteiger partial charge in [-0.3, -0.25) is 13.9 Å². The minimum Gasteiger partial charge on any atom is -0.457 e. The lowest BCUT2D eigenvalue weighted by Crippen LogP contribution is -2.43. The largest absolute Gasteiger partial charge is 0.457 e. The van der Waals surface area contributed by atoms with Crippen LogP contribution in [0.1, 0.15) is 32.7 Å². The van der Waals surface area contributed by atoms with Crippen molar-refractivity contribution in [1.82, 2.24) is 19.0 Å². The number of rotatable bonds is 6. The Morgan fingerprint density at radius 1 is 1.13 bits per heavy atom. The minimum absolute atomic E-state index is 0.0738. The molecule has 1 saturated heterocycles. The lowest BCUT2D eigenvalue weighted by atomic mass is 10.0. The lowest BCUT2D eigenvalue weighted by Gasteiger charge is -2.33. The highest BCUT2D eigenvalue weighted by Gasteiger charge is 2.30. The number of nitrogen functional groups attached to an aromatic ring is 1. The second-order valence-electron chi connectivity index (χ2n) is 9.94. The Morgan fingerprint density at radius 2 is 1.85 bits per heavy atom. The molecule has 0 saturated carbocycles. The van der Waals surface area contributed by atoms with Gasteiger partial charge in [0.05, 0.1) is 17.2 Å². The SMILES string of the molecule is CC(C)/C=C(/C#N)C(=O)N1CCCC(n2c(=O)n(-c3ccc(Oc4ccccc4)cc3)c3c(N)nccc32)C1. The van der Waals surface area contributed by atoms with Crippen molar-refractivity contribution in [3.8, 4) is 23.3 Å². The first-order valence-corrected chi connectivity index (χ1v) is 13.0. The number of hydrogen-bond donors (Lipinski definition) is 1. The van der Waals surface area contributed by atoms with Gasteiger partial charge < -0.3 is 15.4 Å². The number of nitrogens with zero attached hydrogens (tertiary/aromatic N) is 5. The number of carbonyl (C=O) groups is 1. The van der Waals surface area contributed by atoms with Crippen LogP contribution in [0.4, 0.5) is 5.82 Å². The highest BCUT2D eigenvalue weighted by molar-refractivity contribution is 5.97. The van der Waals surface area contributed by atoms with E-state index in [1.54, 1.807) is 44.5 Å². The van der Waals surface area contributed by atoms with Crippen molar-refractivity contribution in [1.29, 1.82) is 5.26 Å². The summed E-state index contributed by atoms with van der Waals surface area (Å²) in [6, 6.07) is 20.2. The molecule has 1 aliphatic rings. The minimum atomic E-state index is -0.303. The van der Waals surface area contributed by atoms with Gasteiger partial charge in [0.1, 0.15) is 34.5 Å². The number of anilines is 1. The van der Waals surface area contributed by atoms with E-state index in [-0.39, 0.29) is 34.9 Å². The first-order chi connectivity index (χ1) is 18.9. The second kappa shape index (κ2) is 10.9. The molecule has 1 aliphatic heterocycles. The Bertz CT molecular complexity index is 1630. The average molecular weight is 523 g/mol. The number of carbonyl (C=O) groups excluding carboxylic acids is 1. The molecule has 2 aromatic heterocycles. The fraction of sp³-hybridized carbons (Fsp3) is 0.267. The summed E-state index contributed by atoms with van der Waals surface area (Å²) >= 11 is 0. The summed E-state index contributed by atoms with van der Waals surface area (Å²) in [6.45, 7) is 4.71. The predicted octanol–water partition coefficient (Wildman–Crippen LogP) is 4.83. The number of nitrogens with two attached hydrogens (primary N) is 1. The van der Waals surface area contributed by atoms with Crippen LogP contribution in [0.2, 0.25) is 0 Å². The van der Waals surface area contributed by atoms with Crippen molar-refractivity contribution in [3.05, 3.63) is 89.0 Å². The number of pyridine rings is 1. The van der Waals surface area contributed by atoms with Crippen LogP contribution in [0.3, 0.4) is 0 Å². The van der Waals surface area contributed by atoms with Crippen LogP contribution in [-0.2, 0) is 4.79 Å². The van der Waals surface area contributed by atoms with Crippen LogP contribution >= 0.6 is 0 Å². The van der Waals surface area contributed by atoms with E-state index in [1.165, 1.54) is 0 Å². The first-order valence-electron chi connectivity index (χ1n) is 13.0. The van der Waals surface area contributed by atoms with E-state index in [1.807, 2.05) is 62.4 Å². The molecular weight excluding hydrogens is 492 g/mol. The Hall–Kier alpha value is -4.84. The summed E-state index contributed by atoms with van der Waals surface area (Å²) in [7, 11) is 0. The van der Waals surface area contributed by atoms with Gasteiger partial charge in [-0.15, -0.1) is 0 Å². The number of hydrogen-bond acceptors (Lipinski definition) is 6. The molecule has 3 heterocycles. The van der Waals surface area contributed by atoms with E-state index in [0.29, 0.717) is 54.2 Å². The molecule has 2 N–H and O–H groups in total. The third-order valence-corrected chi connectivity index (χ3v) is 6.79. The summed E-state index contributed by atoms with van der Waals surface area (Å²) in [5, 5.41) is 9.55. The monoisotopic (exact) mass is 522 g/mol. The fourth-order valence-electron chi connectivity index (χ4n) is 5.08. The first kappa shape index (κ1) is 25.8. The summed E-state index contributed by atoms with van der Waals surface area (Å²) in [5.41, 5.74) is 7.95. The predicted molar refractivity (Wildman–Crippen MR) is 150 cm³/mol. The van der Waals surface area contributed by atoms with Crippen LogP contribution in [0.5, 0.6) is 11.5 Å². The average Bonchev–Trinajstić information content (AvgIpc) is 3.25. The summed E-state index contributed by atoms with van der Waals surface area (Å²) in [4.78, 5) is 33.0. The molecule has 0 spiro atoms. The lowest BCUT2D eigenvalue weighted by molar-refractivity contribution is -0.128. The number of nitriles is 1. The molecule has 1 fully saturated rings. The van der Waals surface area contributed by atoms with Gasteiger partial charge in [-0.1, -0.05) is 38.1 Å². The Balaban J connectivity index is 1.51. The maximum absolute atomic E-state index is 14.0. The number of fused-ring (bicyclic) bond motifs is 1. The number of ether oxygens (including phenoxy) is 1. The van der Waals surface area contributed by atoms with E-state index in [0.717, 1.165) is 0 Å². The number of piperidine rings is 1. The van der Waals surface area contributed by atoms with Gasteiger partial charge in [0.25, 0.3) is 5.91 Å². The van der Waals surface area contributed by atoms with Crippen molar-refractivity contribution < 1.29 is 9.53 Å². The van der Waals surface area contributed by atoms with Crippen LogP contribution in [0, 0.1) is 17.2 Å². The number of likely N-dealkylation sites (tertiary alicyclic amines) is 1. The van der Waals surface area contributed by atoms with Crippen LogP contribution in [0.25, 0.3) is 16.7 Å². The molecule has 4 aromatic rings. The summed E-state index contributed by atoms with van der Waals surface area (Å²) < 4.78 is 9.17. The summed E-state index contributed by atoms with van der Waals surface area (Å²) in [5.74, 6) is 1.36. The smallest absolute Gasteiger partial charge is 0.334 e. The quantitative estimate of drug-likeness (QED) is 0.286. The van der Waals surface area contributed by atoms with E-state index in [4.69, 9.17) is 10.5 Å². The molecule has 0 aliphatic carbocycles. The van der Waals surface area contributed by atoms with E-state index < -0.39 is 0 Å². The topological polar surface area (TPSA) is 119 Å².